The fraction of sp³-hybridized carbons (Fsp3) is 0.214. The van der Waals surface area contributed by atoms with Gasteiger partial charge in [0, 0.05) is 5.39 Å². The Hall–Kier alpha value is -2.50. The number of rotatable bonds is 4. The van der Waals surface area contributed by atoms with Crippen LogP contribution in [0.2, 0.25) is 0 Å². The zero-order valence-electron chi connectivity index (χ0n) is 10.9. The van der Waals surface area contributed by atoms with E-state index in [-0.39, 0.29) is 24.7 Å². The van der Waals surface area contributed by atoms with Gasteiger partial charge >= 0.3 is 5.97 Å². The van der Waals surface area contributed by atoms with Crippen LogP contribution < -0.4 is 5.32 Å². The molecular weight excluding hydrogens is 263 g/mol. The monoisotopic (exact) mass is 276 g/mol. The molecule has 0 aliphatic heterocycles. The minimum atomic E-state index is -0.514. The first-order chi connectivity index (χ1) is 9.58. The van der Waals surface area contributed by atoms with Crippen LogP contribution in [-0.2, 0) is 20.7 Å². The molecule has 0 saturated heterocycles. The van der Waals surface area contributed by atoms with Crippen molar-refractivity contribution in [1.29, 1.82) is 0 Å². The summed E-state index contributed by atoms with van der Waals surface area (Å²) in [5.74, 6) is -1.17. The molecule has 0 unspecified atom stereocenters. The number of carbonyl (C=O) groups excluding carboxylic acids is 2. The molecule has 0 saturated carbocycles. The lowest BCUT2D eigenvalue weighted by atomic mass is 10.1. The number of pyridine rings is 1. The third-order valence-corrected chi connectivity index (χ3v) is 2.71. The van der Waals surface area contributed by atoms with Crippen molar-refractivity contribution in [2.75, 3.05) is 13.7 Å². The van der Waals surface area contributed by atoms with Crippen molar-refractivity contribution in [3.8, 4) is 0 Å². The van der Waals surface area contributed by atoms with E-state index in [1.807, 2.05) is 0 Å². The van der Waals surface area contributed by atoms with Crippen LogP contribution in [-0.4, -0.2) is 30.5 Å². The van der Waals surface area contributed by atoms with Gasteiger partial charge in [0.25, 0.3) is 0 Å². The largest absolute Gasteiger partial charge is 0.468 e. The zero-order chi connectivity index (χ0) is 14.5. The highest BCUT2D eigenvalue weighted by atomic mass is 19.1. The van der Waals surface area contributed by atoms with Crippen molar-refractivity contribution < 1.29 is 18.7 Å². The van der Waals surface area contributed by atoms with Gasteiger partial charge in [-0.05, 0) is 24.3 Å². The second kappa shape index (κ2) is 6.10. The molecule has 1 amide bonds. The number of amides is 1. The zero-order valence-corrected chi connectivity index (χ0v) is 10.9. The summed E-state index contributed by atoms with van der Waals surface area (Å²) in [7, 11) is 1.25. The van der Waals surface area contributed by atoms with Gasteiger partial charge in [0.1, 0.15) is 12.4 Å². The molecule has 1 N–H and O–H groups in total. The number of carbonyl (C=O) groups is 2. The average Bonchev–Trinajstić information content (AvgIpc) is 2.45. The summed E-state index contributed by atoms with van der Waals surface area (Å²) in [5.41, 5.74) is 1.16. The Morgan fingerprint density at radius 3 is 2.85 bits per heavy atom. The van der Waals surface area contributed by atoms with Crippen LogP contribution >= 0.6 is 0 Å². The Bertz CT molecular complexity index is 658. The van der Waals surface area contributed by atoms with Crippen molar-refractivity contribution in [3.05, 3.63) is 41.8 Å². The first kappa shape index (κ1) is 13.9. The number of esters is 1. The predicted molar refractivity (Wildman–Crippen MR) is 70.4 cm³/mol. The second-order valence-corrected chi connectivity index (χ2v) is 4.17. The van der Waals surface area contributed by atoms with E-state index in [9.17, 15) is 14.0 Å². The number of hydrogen-bond donors (Lipinski definition) is 1. The molecule has 104 valence electrons. The molecule has 6 heteroatoms. The summed E-state index contributed by atoms with van der Waals surface area (Å²) >= 11 is 0. The van der Waals surface area contributed by atoms with Gasteiger partial charge in [-0.3, -0.25) is 14.6 Å². The molecular formula is C14H13FN2O3. The van der Waals surface area contributed by atoms with Crippen LogP contribution in [0.15, 0.2) is 30.3 Å². The number of nitrogens with one attached hydrogen (secondary N) is 1. The standard InChI is InChI=1S/C14H13FN2O3/c1-20-14(19)8-16-13(18)7-11-4-2-9-6-10(15)3-5-12(9)17-11/h2-6H,7-8H2,1H3,(H,16,18). The number of fused-ring (bicyclic) bond motifs is 1. The molecule has 0 aliphatic carbocycles. The molecule has 0 fully saturated rings. The summed E-state index contributed by atoms with van der Waals surface area (Å²) in [5, 5.41) is 3.10. The smallest absolute Gasteiger partial charge is 0.325 e. The van der Waals surface area contributed by atoms with Gasteiger partial charge in [-0.1, -0.05) is 6.07 Å². The van der Waals surface area contributed by atoms with Crippen LogP contribution in [0.1, 0.15) is 5.69 Å². The Kier molecular flexibility index (Phi) is 4.24. The molecule has 1 aromatic carbocycles. The molecule has 0 spiro atoms. The summed E-state index contributed by atoms with van der Waals surface area (Å²) in [6.07, 6.45) is 0.0459. The first-order valence-corrected chi connectivity index (χ1v) is 5.97. The van der Waals surface area contributed by atoms with E-state index in [1.54, 1.807) is 18.2 Å². The second-order valence-electron chi connectivity index (χ2n) is 4.17. The van der Waals surface area contributed by atoms with Gasteiger partial charge < -0.3 is 10.1 Å². The molecule has 2 rings (SSSR count). The van der Waals surface area contributed by atoms with Gasteiger partial charge in [-0.25, -0.2) is 4.39 Å². The Balaban J connectivity index is 2.04. The van der Waals surface area contributed by atoms with E-state index >= 15 is 0 Å². The number of aromatic nitrogens is 1. The Morgan fingerprint density at radius 2 is 2.10 bits per heavy atom. The Labute approximate surface area is 114 Å². The number of benzene rings is 1. The maximum Gasteiger partial charge on any atom is 0.325 e. The number of halogens is 1. The summed E-state index contributed by atoms with van der Waals surface area (Å²) in [6, 6.07) is 7.61. The maximum atomic E-state index is 13.0. The van der Waals surface area contributed by atoms with Crippen molar-refractivity contribution in [2.45, 2.75) is 6.42 Å². The van der Waals surface area contributed by atoms with E-state index in [0.717, 1.165) is 0 Å². The normalized spacial score (nSPS) is 10.3. The molecule has 0 bridgehead atoms. The molecule has 1 aromatic heterocycles. The minimum Gasteiger partial charge on any atom is -0.468 e. The predicted octanol–water partition coefficient (Wildman–Crippen LogP) is 1.21. The first-order valence-electron chi connectivity index (χ1n) is 5.97. The van der Waals surface area contributed by atoms with Crippen LogP contribution in [0.5, 0.6) is 0 Å². The van der Waals surface area contributed by atoms with Gasteiger partial charge in [-0.2, -0.15) is 0 Å². The summed E-state index contributed by atoms with van der Waals surface area (Å²) in [4.78, 5) is 26.8. The molecule has 0 aliphatic rings. The van der Waals surface area contributed by atoms with Crippen molar-refractivity contribution >= 4 is 22.8 Å². The van der Waals surface area contributed by atoms with Crippen LogP contribution in [0.4, 0.5) is 4.39 Å². The number of ether oxygens (including phenoxy) is 1. The SMILES string of the molecule is COC(=O)CNC(=O)Cc1ccc2cc(F)ccc2n1. The number of methoxy groups -OCH3 is 1. The third kappa shape index (κ3) is 3.50. The van der Waals surface area contributed by atoms with E-state index in [4.69, 9.17) is 0 Å². The van der Waals surface area contributed by atoms with Crippen LogP contribution in [0.3, 0.4) is 0 Å². The topological polar surface area (TPSA) is 68.3 Å². The lowest BCUT2D eigenvalue weighted by Crippen LogP contribution is -2.31. The molecule has 5 nitrogen and oxygen atoms in total. The van der Waals surface area contributed by atoms with Crippen molar-refractivity contribution in [3.63, 3.8) is 0 Å². The van der Waals surface area contributed by atoms with Gasteiger partial charge in [0.2, 0.25) is 5.91 Å². The highest BCUT2D eigenvalue weighted by molar-refractivity contribution is 5.84. The van der Waals surface area contributed by atoms with Crippen LogP contribution in [0.25, 0.3) is 10.9 Å². The van der Waals surface area contributed by atoms with E-state index in [1.165, 1.54) is 19.2 Å². The van der Waals surface area contributed by atoms with E-state index in [2.05, 4.69) is 15.0 Å². The van der Waals surface area contributed by atoms with Gasteiger partial charge in [0.15, 0.2) is 0 Å². The van der Waals surface area contributed by atoms with E-state index < -0.39 is 5.97 Å². The summed E-state index contributed by atoms with van der Waals surface area (Å²) in [6.45, 7) is -0.172. The fourth-order valence-electron chi connectivity index (χ4n) is 1.71. The highest BCUT2D eigenvalue weighted by Crippen LogP contribution is 2.14. The third-order valence-electron chi connectivity index (χ3n) is 2.71. The van der Waals surface area contributed by atoms with E-state index in [0.29, 0.717) is 16.6 Å². The average molecular weight is 276 g/mol. The molecule has 1 heterocycles. The number of hydrogen-bond acceptors (Lipinski definition) is 4. The fourth-order valence-corrected chi connectivity index (χ4v) is 1.71. The van der Waals surface area contributed by atoms with Crippen LogP contribution in [0, 0.1) is 5.82 Å². The van der Waals surface area contributed by atoms with Crippen molar-refractivity contribution in [2.24, 2.45) is 0 Å². The molecule has 20 heavy (non-hydrogen) atoms. The number of nitrogens with zero attached hydrogens (tertiary/aromatic N) is 1. The quantitative estimate of drug-likeness (QED) is 0.852. The highest BCUT2D eigenvalue weighted by Gasteiger charge is 2.08. The molecule has 2 aromatic rings. The lowest BCUT2D eigenvalue weighted by molar-refractivity contribution is -0.141. The minimum absolute atomic E-state index is 0.0459. The summed E-state index contributed by atoms with van der Waals surface area (Å²) < 4.78 is 17.4. The van der Waals surface area contributed by atoms with Gasteiger partial charge in [-0.15, -0.1) is 0 Å². The lowest BCUT2D eigenvalue weighted by Gasteiger charge is -2.05. The molecule has 0 radical (unpaired) electrons. The van der Waals surface area contributed by atoms with Gasteiger partial charge in [0.05, 0.1) is 24.7 Å². The molecule has 0 atom stereocenters. The van der Waals surface area contributed by atoms with Crippen molar-refractivity contribution in [1.82, 2.24) is 10.3 Å². The maximum absolute atomic E-state index is 13.0. The Morgan fingerprint density at radius 1 is 1.30 bits per heavy atom.